The lowest BCUT2D eigenvalue weighted by Crippen LogP contribution is -2.54. The molecule has 4 aromatic carbocycles. The molecule has 0 unspecified atom stereocenters. The van der Waals surface area contributed by atoms with E-state index in [0.29, 0.717) is 27.7 Å². The minimum atomic E-state index is -4.18. The summed E-state index contributed by atoms with van der Waals surface area (Å²) in [6.07, 6.45) is 0.873. The molecule has 0 aromatic heterocycles. The van der Waals surface area contributed by atoms with E-state index in [1.807, 2.05) is 51.1 Å². The van der Waals surface area contributed by atoms with Gasteiger partial charge in [-0.25, -0.2) is 8.42 Å². The van der Waals surface area contributed by atoms with Crippen molar-refractivity contribution >= 4 is 50.7 Å². The van der Waals surface area contributed by atoms with Gasteiger partial charge in [-0.3, -0.25) is 13.9 Å². The quantitative estimate of drug-likeness (QED) is 0.166. The van der Waals surface area contributed by atoms with E-state index in [9.17, 15) is 18.0 Å². The molecule has 236 valence electrons. The molecule has 1 N–H and O–H groups in total. The van der Waals surface area contributed by atoms with Crippen LogP contribution in [0.2, 0.25) is 10.0 Å². The van der Waals surface area contributed by atoms with Gasteiger partial charge in [-0.2, -0.15) is 0 Å². The summed E-state index contributed by atoms with van der Waals surface area (Å²) in [5.74, 6) is -0.955. The number of amides is 2. The highest BCUT2D eigenvalue weighted by molar-refractivity contribution is 7.92. The van der Waals surface area contributed by atoms with E-state index in [4.69, 9.17) is 23.2 Å². The van der Waals surface area contributed by atoms with Crippen LogP contribution in [0.3, 0.4) is 0 Å². The molecule has 0 saturated carbocycles. The van der Waals surface area contributed by atoms with Crippen molar-refractivity contribution in [1.82, 2.24) is 10.2 Å². The van der Waals surface area contributed by atoms with E-state index in [1.165, 1.54) is 17.0 Å². The van der Waals surface area contributed by atoms with E-state index in [2.05, 4.69) is 5.32 Å². The zero-order chi connectivity index (χ0) is 32.6. The smallest absolute Gasteiger partial charge is 0.264 e. The highest BCUT2D eigenvalue weighted by Crippen LogP contribution is 2.29. The van der Waals surface area contributed by atoms with Gasteiger partial charge in [0.05, 0.1) is 10.6 Å². The molecule has 45 heavy (non-hydrogen) atoms. The zero-order valence-electron chi connectivity index (χ0n) is 25.5. The number of aryl methyl sites for hydroxylation is 1. The van der Waals surface area contributed by atoms with Crippen LogP contribution in [-0.4, -0.2) is 43.8 Å². The number of anilines is 1. The number of carbonyl (C=O) groups is 2. The molecule has 0 heterocycles. The first-order chi connectivity index (χ1) is 21.5. The van der Waals surface area contributed by atoms with Crippen molar-refractivity contribution in [2.24, 2.45) is 0 Å². The molecular formula is C35H37Cl2N3O4S. The number of hydrogen-bond donors (Lipinski definition) is 1. The van der Waals surface area contributed by atoms with Gasteiger partial charge in [0.25, 0.3) is 10.0 Å². The zero-order valence-corrected chi connectivity index (χ0v) is 27.8. The van der Waals surface area contributed by atoms with E-state index < -0.39 is 28.5 Å². The standard InChI is InChI=1S/C35H37Cl2N3O4S/c1-4-26(3)38-35(42)33(22-27-12-7-5-8-13-27)39(23-30-31(36)16-11-17-32(30)37)34(41)24-40(28-20-18-25(2)19-21-28)45(43,44)29-14-9-6-10-15-29/h5-21,26,33H,4,22-24H2,1-3H3,(H,38,42)/t26-,33+/m1/s1. The van der Waals surface area contributed by atoms with Crippen LogP contribution in [0.15, 0.2) is 108 Å². The fourth-order valence-corrected chi connectivity index (χ4v) is 6.76. The van der Waals surface area contributed by atoms with Gasteiger partial charge in [0.1, 0.15) is 12.6 Å². The first kappa shape index (κ1) is 34.0. The van der Waals surface area contributed by atoms with Crippen molar-refractivity contribution in [2.75, 3.05) is 10.8 Å². The average molecular weight is 667 g/mol. The summed E-state index contributed by atoms with van der Waals surface area (Å²) in [6.45, 7) is 5.06. The van der Waals surface area contributed by atoms with Crippen LogP contribution in [0.25, 0.3) is 0 Å². The third kappa shape index (κ3) is 8.66. The van der Waals surface area contributed by atoms with Crippen LogP contribution in [0.1, 0.15) is 37.0 Å². The Balaban J connectivity index is 1.83. The fourth-order valence-electron chi connectivity index (χ4n) is 4.81. The lowest BCUT2D eigenvalue weighted by atomic mass is 10.0. The molecule has 0 aliphatic carbocycles. The third-order valence-corrected chi connectivity index (χ3v) is 10.1. The first-order valence-corrected chi connectivity index (χ1v) is 16.9. The maximum Gasteiger partial charge on any atom is 0.264 e. The van der Waals surface area contributed by atoms with E-state index in [-0.39, 0.29) is 29.8 Å². The second-order valence-electron chi connectivity index (χ2n) is 10.9. The Morgan fingerprint density at radius 3 is 1.98 bits per heavy atom. The monoisotopic (exact) mass is 665 g/mol. The molecule has 4 aromatic rings. The van der Waals surface area contributed by atoms with Crippen molar-refractivity contribution in [2.45, 2.75) is 57.1 Å². The summed E-state index contributed by atoms with van der Waals surface area (Å²) in [6, 6.07) is 28.1. The summed E-state index contributed by atoms with van der Waals surface area (Å²) < 4.78 is 29.2. The maximum absolute atomic E-state index is 14.5. The van der Waals surface area contributed by atoms with E-state index in [0.717, 1.165) is 15.4 Å². The molecule has 0 fully saturated rings. The molecular weight excluding hydrogens is 629 g/mol. The lowest BCUT2D eigenvalue weighted by molar-refractivity contribution is -0.140. The topological polar surface area (TPSA) is 86.8 Å². The summed E-state index contributed by atoms with van der Waals surface area (Å²) in [7, 11) is -4.18. The first-order valence-electron chi connectivity index (χ1n) is 14.7. The summed E-state index contributed by atoms with van der Waals surface area (Å²) in [5.41, 5.74) is 2.53. The lowest BCUT2D eigenvalue weighted by Gasteiger charge is -2.34. The Morgan fingerprint density at radius 2 is 1.40 bits per heavy atom. The molecule has 7 nitrogen and oxygen atoms in total. The minimum Gasteiger partial charge on any atom is -0.352 e. The van der Waals surface area contributed by atoms with Gasteiger partial charge < -0.3 is 10.2 Å². The molecule has 2 amide bonds. The second kappa shape index (κ2) is 15.4. The summed E-state index contributed by atoms with van der Waals surface area (Å²) >= 11 is 13.1. The SMILES string of the molecule is CC[C@@H](C)NC(=O)[C@H](Cc1ccccc1)N(Cc1c(Cl)cccc1Cl)C(=O)CN(c1ccc(C)cc1)S(=O)(=O)c1ccccc1. The van der Waals surface area contributed by atoms with Crippen LogP contribution in [-0.2, 0) is 32.6 Å². The van der Waals surface area contributed by atoms with Crippen LogP contribution >= 0.6 is 23.2 Å². The number of carbonyl (C=O) groups excluding carboxylic acids is 2. The predicted octanol–water partition coefficient (Wildman–Crippen LogP) is 7.05. The van der Waals surface area contributed by atoms with Crippen molar-refractivity contribution in [3.63, 3.8) is 0 Å². The van der Waals surface area contributed by atoms with Crippen molar-refractivity contribution in [3.8, 4) is 0 Å². The molecule has 0 spiro atoms. The van der Waals surface area contributed by atoms with Crippen LogP contribution in [0, 0.1) is 6.92 Å². The Hall–Kier alpha value is -3.85. The number of nitrogens with zero attached hydrogens (tertiary/aromatic N) is 2. The normalized spacial score (nSPS) is 12.6. The number of halogens is 2. The van der Waals surface area contributed by atoms with Crippen molar-refractivity contribution in [3.05, 3.63) is 130 Å². The molecule has 4 rings (SSSR count). The van der Waals surface area contributed by atoms with E-state index in [1.54, 1.807) is 60.7 Å². The molecule has 0 aliphatic rings. The van der Waals surface area contributed by atoms with Gasteiger partial charge in [-0.05, 0) is 62.2 Å². The largest absolute Gasteiger partial charge is 0.352 e. The van der Waals surface area contributed by atoms with Gasteiger partial charge in [-0.1, -0.05) is 102 Å². The fraction of sp³-hybridized carbons (Fsp3) is 0.257. The van der Waals surface area contributed by atoms with Crippen molar-refractivity contribution in [1.29, 1.82) is 0 Å². The predicted molar refractivity (Wildman–Crippen MR) is 181 cm³/mol. The number of rotatable bonds is 13. The summed E-state index contributed by atoms with van der Waals surface area (Å²) in [5, 5.41) is 3.67. The molecule has 2 atom stereocenters. The Bertz CT molecular complexity index is 1680. The number of sulfonamides is 1. The Labute approximate surface area is 275 Å². The minimum absolute atomic E-state index is 0.0365. The van der Waals surface area contributed by atoms with Gasteiger partial charge >= 0.3 is 0 Å². The van der Waals surface area contributed by atoms with Gasteiger partial charge in [0.15, 0.2) is 0 Å². The highest BCUT2D eigenvalue weighted by atomic mass is 35.5. The van der Waals surface area contributed by atoms with E-state index >= 15 is 0 Å². The van der Waals surface area contributed by atoms with Gasteiger partial charge in [0.2, 0.25) is 11.8 Å². The summed E-state index contributed by atoms with van der Waals surface area (Å²) in [4.78, 5) is 29.9. The van der Waals surface area contributed by atoms with Gasteiger partial charge in [-0.15, -0.1) is 0 Å². The second-order valence-corrected chi connectivity index (χ2v) is 13.6. The number of benzene rings is 4. The number of nitrogens with one attached hydrogen (secondary N) is 1. The molecule has 0 aliphatic heterocycles. The third-order valence-electron chi connectivity index (χ3n) is 7.59. The molecule has 0 saturated heterocycles. The number of hydrogen-bond acceptors (Lipinski definition) is 4. The van der Waals surface area contributed by atoms with Crippen LogP contribution < -0.4 is 9.62 Å². The van der Waals surface area contributed by atoms with Crippen molar-refractivity contribution < 1.29 is 18.0 Å². The highest BCUT2D eigenvalue weighted by Gasteiger charge is 2.35. The Morgan fingerprint density at radius 1 is 0.822 bits per heavy atom. The molecule has 0 radical (unpaired) electrons. The average Bonchev–Trinajstić information content (AvgIpc) is 3.04. The van der Waals surface area contributed by atoms with Gasteiger partial charge in [0, 0.05) is 34.6 Å². The van der Waals surface area contributed by atoms with Crippen LogP contribution in [0.5, 0.6) is 0 Å². The van der Waals surface area contributed by atoms with Crippen LogP contribution in [0.4, 0.5) is 5.69 Å². The molecule has 0 bridgehead atoms. The molecule has 10 heteroatoms. The Kier molecular flexibility index (Phi) is 11.7. The maximum atomic E-state index is 14.5.